The summed E-state index contributed by atoms with van der Waals surface area (Å²) in [7, 11) is 0. The van der Waals surface area contributed by atoms with Crippen LogP contribution in [0.3, 0.4) is 0 Å². The topological polar surface area (TPSA) is 104 Å². The Morgan fingerprint density at radius 1 is 1.00 bits per heavy atom. The number of allylic oxidation sites excluding steroid dienone is 1. The third-order valence-corrected chi connectivity index (χ3v) is 8.69. The Kier molecular flexibility index (Phi) is 11.8. The van der Waals surface area contributed by atoms with Gasteiger partial charge < -0.3 is 29.3 Å². The summed E-state index contributed by atoms with van der Waals surface area (Å²) >= 11 is 0. The van der Waals surface area contributed by atoms with Crippen LogP contribution < -0.4 is 24.8 Å². The molecule has 3 atom stereocenters. The lowest BCUT2D eigenvalue weighted by Crippen LogP contribution is -2.46. The molecule has 3 heterocycles. The van der Waals surface area contributed by atoms with E-state index in [4.69, 9.17) is 19.6 Å². The summed E-state index contributed by atoms with van der Waals surface area (Å²) < 4.78 is 18.7. The van der Waals surface area contributed by atoms with E-state index in [1.54, 1.807) is 17.2 Å². The minimum absolute atomic E-state index is 0.157. The third-order valence-electron chi connectivity index (χ3n) is 8.69. The number of aromatic nitrogens is 3. The quantitative estimate of drug-likeness (QED) is 0.146. The Hall–Kier alpha value is -4.09. The van der Waals surface area contributed by atoms with Crippen molar-refractivity contribution in [3.05, 3.63) is 72.8 Å². The Balaban J connectivity index is 1.10. The molecule has 2 aliphatic heterocycles. The van der Waals surface area contributed by atoms with E-state index in [1.807, 2.05) is 17.0 Å². The third kappa shape index (κ3) is 9.04. The molecule has 2 aromatic carbocycles. The smallest absolute Gasteiger partial charge is 0.190 e. The van der Waals surface area contributed by atoms with Crippen LogP contribution in [0.5, 0.6) is 5.75 Å². The zero-order chi connectivity index (χ0) is 33.2. The average Bonchev–Trinajstić information content (AvgIpc) is 3.74. The monoisotopic (exact) mass is 644 g/mol. The highest BCUT2D eigenvalue weighted by molar-refractivity contribution is 5.81. The number of hydrogen-bond acceptors (Lipinski definition) is 9. The lowest BCUT2D eigenvalue weighted by molar-refractivity contribution is -0.193. The Morgan fingerprint density at radius 3 is 2.17 bits per heavy atom. The Bertz CT molecular complexity index is 1400. The lowest BCUT2D eigenvalue weighted by atomic mass is 10.0. The molecule has 0 aliphatic carbocycles. The van der Waals surface area contributed by atoms with Crippen molar-refractivity contribution in [2.24, 2.45) is 5.92 Å². The van der Waals surface area contributed by atoms with Gasteiger partial charge in [0.25, 0.3) is 0 Å². The first kappa shape index (κ1) is 34.3. The molecule has 254 valence electrons. The molecular formula is C36H52N8O3. The summed E-state index contributed by atoms with van der Waals surface area (Å²) in [6.07, 6.45) is 9.39. The highest BCUT2D eigenvalue weighted by Gasteiger charge is 2.43. The number of rotatable bonds is 16. The minimum atomic E-state index is -0.740. The largest absolute Gasteiger partial charge is 0.491 e. The van der Waals surface area contributed by atoms with Gasteiger partial charge in [0.05, 0.1) is 25.3 Å². The van der Waals surface area contributed by atoms with Crippen LogP contribution in [0.2, 0.25) is 0 Å². The SMILES string of the molecule is CC/C=C(/NC(C)CC)N(C=N)c1ccc(N2CCN(c3ccc(OCC4COC(CC(C)C)(Cn5nccn5)O4)cc3)CC2)cc1. The first-order chi connectivity index (χ1) is 22.8. The summed E-state index contributed by atoms with van der Waals surface area (Å²) in [6.45, 7) is 15.9. The van der Waals surface area contributed by atoms with Gasteiger partial charge in [-0.25, -0.2) is 0 Å². The molecule has 11 heteroatoms. The molecule has 11 nitrogen and oxygen atoms in total. The maximum absolute atomic E-state index is 8.08. The van der Waals surface area contributed by atoms with Crippen LogP contribution in [-0.4, -0.2) is 78.7 Å². The van der Waals surface area contributed by atoms with Crippen LogP contribution in [0, 0.1) is 11.3 Å². The van der Waals surface area contributed by atoms with Crippen LogP contribution in [0.15, 0.2) is 72.8 Å². The summed E-state index contributed by atoms with van der Waals surface area (Å²) in [5.74, 6) is 1.44. The standard InChI is InChI=1S/C36H52N8O3/c1-6-8-35(40-29(5)7-2)43(27-37)32-11-9-30(10-12-32)41-19-21-42(22-20-41)31-13-15-33(16-14-31)45-24-34-25-46-36(47-34,23-28(3)4)26-44-38-17-18-39-44/h8-18,27-29,34,37,40H,6-7,19-26H2,1-5H3/b35-8-,37-27?. The Labute approximate surface area is 280 Å². The zero-order valence-electron chi connectivity index (χ0n) is 28.6. The van der Waals surface area contributed by atoms with Gasteiger partial charge in [-0.3, -0.25) is 10.3 Å². The second-order valence-electron chi connectivity index (χ2n) is 12.9. The fraction of sp³-hybridized carbons (Fsp3) is 0.528. The van der Waals surface area contributed by atoms with Crippen molar-refractivity contribution in [3.8, 4) is 5.75 Å². The van der Waals surface area contributed by atoms with Gasteiger partial charge in [-0.05, 0) is 80.3 Å². The van der Waals surface area contributed by atoms with Crippen molar-refractivity contribution < 1.29 is 14.2 Å². The molecule has 2 N–H and O–H groups in total. The summed E-state index contributed by atoms with van der Waals surface area (Å²) in [6, 6.07) is 17.2. The van der Waals surface area contributed by atoms with Crippen molar-refractivity contribution in [1.29, 1.82) is 5.41 Å². The van der Waals surface area contributed by atoms with Crippen LogP contribution in [0.25, 0.3) is 0 Å². The summed E-state index contributed by atoms with van der Waals surface area (Å²) in [4.78, 5) is 8.39. The lowest BCUT2D eigenvalue weighted by Gasteiger charge is -2.37. The first-order valence-corrected chi connectivity index (χ1v) is 17.1. The molecular weight excluding hydrogens is 592 g/mol. The minimum Gasteiger partial charge on any atom is -0.491 e. The van der Waals surface area contributed by atoms with Crippen LogP contribution in [0.1, 0.15) is 53.9 Å². The van der Waals surface area contributed by atoms with E-state index in [2.05, 4.69) is 102 Å². The van der Waals surface area contributed by atoms with Gasteiger partial charge in [0.1, 0.15) is 30.8 Å². The Morgan fingerprint density at radius 2 is 1.62 bits per heavy atom. The van der Waals surface area contributed by atoms with E-state index in [-0.39, 0.29) is 6.10 Å². The maximum Gasteiger partial charge on any atom is 0.190 e. The van der Waals surface area contributed by atoms with Gasteiger partial charge in [-0.2, -0.15) is 15.0 Å². The molecule has 0 radical (unpaired) electrons. The molecule has 0 bridgehead atoms. The molecule has 2 aliphatic rings. The highest BCUT2D eigenvalue weighted by atomic mass is 16.8. The van der Waals surface area contributed by atoms with E-state index in [0.29, 0.717) is 31.7 Å². The van der Waals surface area contributed by atoms with Crippen molar-refractivity contribution in [1.82, 2.24) is 20.3 Å². The van der Waals surface area contributed by atoms with E-state index in [1.165, 1.54) is 17.7 Å². The number of benzene rings is 2. The van der Waals surface area contributed by atoms with Crippen LogP contribution in [0.4, 0.5) is 17.1 Å². The zero-order valence-corrected chi connectivity index (χ0v) is 28.6. The average molecular weight is 645 g/mol. The number of hydrogen-bond donors (Lipinski definition) is 2. The van der Waals surface area contributed by atoms with Gasteiger partial charge >= 0.3 is 0 Å². The van der Waals surface area contributed by atoms with Gasteiger partial charge in [0.2, 0.25) is 0 Å². The second-order valence-corrected chi connectivity index (χ2v) is 12.9. The molecule has 47 heavy (non-hydrogen) atoms. The maximum atomic E-state index is 8.08. The molecule has 0 amide bonds. The summed E-state index contributed by atoms with van der Waals surface area (Å²) in [5.41, 5.74) is 3.38. The molecule has 5 rings (SSSR count). The van der Waals surface area contributed by atoms with Crippen LogP contribution in [-0.2, 0) is 16.0 Å². The second kappa shape index (κ2) is 16.1. The number of anilines is 3. The van der Waals surface area contributed by atoms with Gasteiger partial charge in [-0.1, -0.05) is 27.7 Å². The molecule has 1 aromatic heterocycles. The number of nitrogens with zero attached hydrogens (tertiary/aromatic N) is 6. The van der Waals surface area contributed by atoms with Crippen molar-refractivity contribution >= 4 is 23.4 Å². The van der Waals surface area contributed by atoms with Gasteiger partial charge in [-0.15, -0.1) is 0 Å². The van der Waals surface area contributed by atoms with Crippen molar-refractivity contribution in [2.75, 3.05) is 54.1 Å². The number of ether oxygens (including phenoxy) is 3. The highest BCUT2D eigenvalue weighted by Crippen LogP contribution is 2.32. The molecule has 3 aromatic rings. The van der Waals surface area contributed by atoms with E-state index in [0.717, 1.165) is 62.7 Å². The van der Waals surface area contributed by atoms with Crippen molar-refractivity contribution in [2.45, 2.75) is 78.4 Å². The predicted molar refractivity (Wildman–Crippen MR) is 188 cm³/mol. The molecule has 2 saturated heterocycles. The van der Waals surface area contributed by atoms with Crippen molar-refractivity contribution in [3.63, 3.8) is 0 Å². The van der Waals surface area contributed by atoms with E-state index in [9.17, 15) is 0 Å². The predicted octanol–water partition coefficient (Wildman–Crippen LogP) is 5.89. The number of piperazine rings is 1. The summed E-state index contributed by atoms with van der Waals surface area (Å²) in [5, 5.41) is 20.1. The first-order valence-electron chi connectivity index (χ1n) is 17.1. The fourth-order valence-electron chi connectivity index (χ4n) is 6.16. The molecule has 0 spiro atoms. The molecule has 2 fully saturated rings. The normalized spacial score (nSPS) is 20.8. The van der Waals surface area contributed by atoms with E-state index < -0.39 is 5.79 Å². The van der Waals surface area contributed by atoms with E-state index >= 15 is 0 Å². The van der Waals surface area contributed by atoms with Gasteiger partial charge in [0.15, 0.2) is 5.79 Å². The van der Waals surface area contributed by atoms with Crippen LogP contribution >= 0.6 is 0 Å². The fourth-order valence-corrected chi connectivity index (χ4v) is 6.16. The number of nitrogens with one attached hydrogen (secondary N) is 2. The molecule has 0 saturated carbocycles. The molecule has 3 unspecified atom stereocenters. The van der Waals surface area contributed by atoms with Gasteiger partial charge in [0, 0.05) is 55.7 Å².